The number of nitrogens with one attached hydrogen (secondary N) is 1. The van der Waals surface area contributed by atoms with Gasteiger partial charge in [0.25, 0.3) is 0 Å². The predicted molar refractivity (Wildman–Crippen MR) is 74.4 cm³/mol. The molecule has 1 aromatic heterocycles. The van der Waals surface area contributed by atoms with Crippen LogP contribution in [0.15, 0.2) is 0 Å². The number of carbonyl (C=O) groups excluding carboxylic acids is 1. The Balaban J connectivity index is 2.42. The molecule has 0 saturated heterocycles. The fourth-order valence-electron chi connectivity index (χ4n) is 1.57. The zero-order chi connectivity index (χ0) is 14.4. The number of thioether (sulfide) groups is 1. The van der Waals surface area contributed by atoms with Crippen molar-refractivity contribution in [2.45, 2.75) is 25.1 Å². The van der Waals surface area contributed by atoms with Gasteiger partial charge in [-0.1, -0.05) is 11.6 Å². The van der Waals surface area contributed by atoms with Crippen LogP contribution in [0.5, 0.6) is 0 Å². The first kappa shape index (κ1) is 15.8. The Kier molecular flexibility index (Phi) is 6.17. The average molecular weight is 306 g/mol. The van der Waals surface area contributed by atoms with E-state index >= 15 is 0 Å². The van der Waals surface area contributed by atoms with Crippen molar-refractivity contribution < 1.29 is 14.7 Å². The molecule has 0 bridgehead atoms. The van der Waals surface area contributed by atoms with Gasteiger partial charge < -0.3 is 10.4 Å². The van der Waals surface area contributed by atoms with Crippen LogP contribution in [0.25, 0.3) is 0 Å². The summed E-state index contributed by atoms with van der Waals surface area (Å²) in [6, 6.07) is -0.839. The van der Waals surface area contributed by atoms with Crippen molar-refractivity contribution in [3.05, 3.63) is 16.4 Å². The highest BCUT2D eigenvalue weighted by atomic mass is 35.5. The van der Waals surface area contributed by atoms with Gasteiger partial charge in [0.1, 0.15) is 6.04 Å². The Morgan fingerprint density at radius 1 is 1.68 bits per heavy atom. The molecule has 0 fully saturated rings. The number of amides is 1. The molecule has 0 aliphatic rings. The first-order valence-electron chi connectivity index (χ1n) is 5.65. The molecule has 19 heavy (non-hydrogen) atoms. The fourth-order valence-corrected chi connectivity index (χ4v) is 2.94. The number of hydrogen-bond donors (Lipinski definition) is 2. The van der Waals surface area contributed by atoms with Crippen LogP contribution in [0, 0.1) is 6.92 Å². The van der Waals surface area contributed by atoms with Gasteiger partial charge in [0, 0.05) is 12.8 Å². The SMILES string of the molecule is Cc1nn(C)c(CSCCC(NC=O)C(=O)O)c1Cl. The molecule has 106 valence electrons. The van der Waals surface area contributed by atoms with Crippen molar-refractivity contribution in [2.75, 3.05) is 5.75 Å². The van der Waals surface area contributed by atoms with Crippen LogP contribution < -0.4 is 5.32 Å². The molecule has 1 amide bonds. The van der Waals surface area contributed by atoms with Crippen LogP contribution in [-0.4, -0.2) is 39.1 Å². The molecule has 0 aliphatic carbocycles. The maximum Gasteiger partial charge on any atom is 0.326 e. The number of halogens is 1. The number of aryl methyl sites for hydroxylation is 2. The van der Waals surface area contributed by atoms with Gasteiger partial charge in [0.05, 0.1) is 16.4 Å². The van der Waals surface area contributed by atoms with Crippen LogP contribution in [0.4, 0.5) is 0 Å². The molecule has 1 heterocycles. The molecule has 2 N–H and O–H groups in total. The molecule has 0 aliphatic heterocycles. The molecule has 0 aromatic carbocycles. The van der Waals surface area contributed by atoms with Crippen LogP contribution in [-0.2, 0) is 22.4 Å². The van der Waals surface area contributed by atoms with E-state index in [9.17, 15) is 9.59 Å². The molecule has 0 saturated carbocycles. The summed E-state index contributed by atoms with van der Waals surface area (Å²) >= 11 is 7.66. The largest absolute Gasteiger partial charge is 0.480 e. The van der Waals surface area contributed by atoms with Crippen molar-refractivity contribution in [3.8, 4) is 0 Å². The number of aromatic nitrogens is 2. The Morgan fingerprint density at radius 2 is 2.37 bits per heavy atom. The Labute approximate surface area is 120 Å². The minimum absolute atomic E-state index is 0.368. The first-order chi connectivity index (χ1) is 8.97. The lowest BCUT2D eigenvalue weighted by atomic mass is 10.2. The van der Waals surface area contributed by atoms with Crippen molar-refractivity contribution >= 4 is 35.7 Å². The van der Waals surface area contributed by atoms with E-state index in [1.165, 1.54) is 0 Å². The van der Waals surface area contributed by atoms with Crippen molar-refractivity contribution in [1.82, 2.24) is 15.1 Å². The zero-order valence-electron chi connectivity index (χ0n) is 10.7. The lowest BCUT2D eigenvalue weighted by Crippen LogP contribution is -2.36. The summed E-state index contributed by atoms with van der Waals surface area (Å²) in [6.45, 7) is 1.84. The topological polar surface area (TPSA) is 84.2 Å². The number of nitrogens with zero attached hydrogens (tertiary/aromatic N) is 2. The lowest BCUT2D eigenvalue weighted by molar-refractivity contribution is -0.140. The Bertz CT molecular complexity index is 464. The predicted octanol–water partition coefficient (Wildman–Crippen LogP) is 1.20. The molecule has 0 radical (unpaired) electrons. The second-order valence-electron chi connectivity index (χ2n) is 3.99. The number of carboxylic acid groups (broad SMARTS) is 1. The summed E-state index contributed by atoms with van der Waals surface area (Å²) in [5.74, 6) is 0.240. The summed E-state index contributed by atoms with van der Waals surface area (Å²) in [7, 11) is 1.82. The van der Waals surface area contributed by atoms with Crippen molar-refractivity contribution in [3.63, 3.8) is 0 Å². The summed E-state index contributed by atoms with van der Waals surface area (Å²) in [4.78, 5) is 21.1. The highest BCUT2D eigenvalue weighted by Crippen LogP contribution is 2.24. The van der Waals surface area contributed by atoms with E-state index in [4.69, 9.17) is 16.7 Å². The first-order valence-corrected chi connectivity index (χ1v) is 7.18. The zero-order valence-corrected chi connectivity index (χ0v) is 12.3. The molecular weight excluding hydrogens is 290 g/mol. The van der Waals surface area contributed by atoms with Gasteiger partial charge >= 0.3 is 5.97 Å². The van der Waals surface area contributed by atoms with Gasteiger partial charge in [-0.3, -0.25) is 9.48 Å². The van der Waals surface area contributed by atoms with Gasteiger partial charge in [-0.15, -0.1) is 0 Å². The lowest BCUT2D eigenvalue weighted by Gasteiger charge is -2.10. The monoisotopic (exact) mass is 305 g/mol. The number of rotatable bonds is 8. The standard InChI is InChI=1S/C11H16ClN3O3S/c1-7-10(12)9(15(2)14-7)5-19-4-3-8(11(17)18)13-6-16/h6,8H,3-5H2,1-2H3,(H,13,16)(H,17,18). The second kappa shape index (κ2) is 7.40. The number of aliphatic carboxylic acids is 1. The molecule has 6 nitrogen and oxygen atoms in total. The molecule has 1 rings (SSSR count). The van der Waals surface area contributed by atoms with Crippen LogP contribution in [0.3, 0.4) is 0 Å². The highest BCUT2D eigenvalue weighted by molar-refractivity contribution is 7.98. The molecule has 1 aromatic rings. The van der Waals surface area contributed by atoms with Gasteiger partial charge in [-0.25, -0.2) is 4.79 Å². The van der Waals surface area contributed by atoms with Crippen molar-refractivity contribution in [2.24, 2.45) is 7.05 Å². The highest BCUT2D eigenvalue weighted by Gasteiger charge is 2.16. The third kappa shape index (κ3) is 4.43. The maximum atomic E-state index is 10.8. The van der Waals surface area contributed by atoms with Gasteiger partial charge in [0.15, 0.2) is 0 Å². The van der Waals surface area contributed by atoms with Crippen LogP contribution in [0.2, 0.25) is 5.02 Å². The van der Waals surface area contributed by atoms with Crippen LogP contribution in [0.1, 0.15) is 17.8 Å². The molecule has 8 heteroatoms. The number of hydrogen-bond acceptors (Lipinski definition) is 4. The van der Waals surface area contributed by atoms with E-state index < -0.39 is 12.0 Å². The van der Waals surface area contributed by atoms with Gasteiger partial charge in [0.2, 0.25) is 6.41 Å². The van der Waals surface area contributed by atoms with E-state index in [1.807, 2.05) is 14.0 Å². The van der Waals surface area contributed by atoms with E-state index in [0.717, 1.165) is 11.4 Å². The number of carboxylic acids is 1. The molecule has 1 unspecified atom stereocenters. The molecule has 1 atom stereocenters. The average Bonchev–Trinajstić information content (AvgIpc) is 2.58. The van der Waals surface area contributed by atoms with E-state index in [1.54, 1.807) is 16.4 Å². The van der Waals surface area contributed by atoms with Gasteiger partial charge in [-0.2, -0.15) is 16.9 Å². The van der Waals surface area contributed by atoms with E-state index in [-0.39, 0.29) is 0 Å². The quantitative estimate of drug-likeness (QED) is 0.557. The normalized spacial score (nSPS) is 12.2. The minimum atomic E-state index is -1.03. The summed E-state index contributed by atoms with van der Waals surface area (Å²) in [5.41, 5.74) is 1.70. The maximum absolute atomic E-state index is 10.8. The third-order valence-corrected chi connectivity index (χ3v) is 4.11. The summed E-state index contributed by atoms with van der Waals surface area (Å²) < 4.78 is 1.73. The third-order valence-electron chi connectivity index (χ3n) is 2.62. The molecular formula is C11H16ClN3O3S. The second-order valence-corrected chi connectivity index (χ2v) is 5.47. The van der Waals surface area contributed by atoms with Gasteiger partial charge in [-0.05, 0) is 19.1 Å². The summed E-state index contributed by atoms with van der Waals surface area (Å²) in [5, 5.41) is 16.0. The Morgan fingerprint density at radius 3 is 2.84 bits per heavy atom. The van der Waals surface area contributed by atoms with E-state index in [2.05, 4.69) is 10.4 Å². The summed E-state index contributed by atoms with van der Waals surface area (Å²) in [6.07, 6.45) is 0.776. The minimum Gasteiger partial charge on any atom is -0.480 e. The van der Waals surface area contributed by atoms with Crippen molar-refractivity contribution in [1.29, 1.82) is 0 Å². The van der Waals surface area contributed by atoms with E-state index in [0.29, 0.717) is 29.4 Å². The fraction of sp³-hybridized carbons (Fsp3) is 0.545. The van der Waals surface area contributed by atoms with Crippen LogP contribution >= 0.6 is 23.4 Å². The number of carbonyl (C=O) groups is 2. The Hall–Kier alpha value is -1.21. The molecule has 0 spiro atoms. The smallest absolute Gasteiger partial charge is 0.326 e.